The van der Waals surface area contributed by atoms with Crippen LogP contribution in [0.15, 0.2) is 84.9 Å². The number of anilines is 1. The summed E-state index contributed by atoms with van der Waals surface area (Å²) in [4.78, 5) is 14.6. The first-order valence-electron chi connectivity index (χ1n) is 8.74. The van der Waals surface area contributed by atoms with Gasteiger partial charge in [0.2, 0.25) is 0 Å². The fourth-order valence-corrected chi connectivity index (χ4v) is 3.96. The third-order valence-corrected chi connectivity index (χ3v) is 5.18. The molecular weight excluding hydrogens is 318 g/mol. The maximum Gasteiger partial charge on any atom is 0.258 e. The molecule has 1 amide bonds. The van der Waals surface area contributed by atoms with Crippen LogP contribution in [-0.2, 0) is 0 Å². The highest BCUT2D eigenvalue weighted by atomic mass is 16.2. The Balaban J connectivity index is 1.96. The molecule has 0 fully saturated rings. The van der Waals surface area contributed by atoms with E-state index in [0.29, 0.717) is 0 Å². The van der Waals surface area contributed by atoms with Gasteiger partial charge in [-0.05, 0) is 39.8 Å². The lowest BCUT2D eigenvalue weighted by atomic mass is 9.87. The van der Waals surface area contributed by atoms with Crippen LogP contribution in [-0.4, -0.2) is 13.0 Å². The van der Waals surface area contributed by atoms with Gasteiger partial charge in [0, 0.05) is 12.4 Å². The Bertz CT molecular complexity index is 1150. The number of rotatable bonds is 2. The Morgan fingerprint density at radius 3 is 2.04 bits per heavy atom. The van der Waals surface area contributed by atoms with Crippen molar-refractivity contribution in [2.45, 2.75) is 0 Å². The number of carbonyl (C=O) groups excluding carboxylic acids is 1. The zero-order valence-corrected chi connectivity index (χ0v) is 14.4. The molecule has 0 N–H and O–H groups in total. The second-order valence-corrected chi connectivity index (χ2v) is 6.64. The summed E-state index contributed by atoms with van der Waals surface area (Å²) in [5.41, 5.74) is 6.34. The zero-order chi connectivity index (χ0) is 17.7. The molecule has 26 heavy (non-hydrogen) atoms. The lowest BCUT2D eigenvalue weighted by molar-refractivity contribution is 0.0999. The van der Waals surface area contributed by atoms with Gasteiger partial charge in [-0.1, -0.05) is 72.8 Å². The summed E-state index contributed by atoms with van der Waals surface area (Å²) >= 11 is 0. The summed E-state index contributed by atoms with van der Waals surface area (Å²) in [7, 11) is 1.85. The molecule has 4 aromatic carbocycles. The molecule has 2 nitrogen and oxygen atoms in total. The summed E-state index contributed by atoms with van der Waals surface area (Å²) < 4.78 is 0. The molecule has 124 valence electrons. The summed E-state index contributed by atoms with van der Waals surface area (Å²) in [5, 5.41) is 2.18. The molecule has 0 radical (unpaired) electrons. The molecule has 5 rings (SSSR count). The fraction of sp³-hybridized carbons (Fsp3) is 0.0417. The van der Waals surface area contributed by atoms with Gasteiger partial charge in [0.1, 0.15) is 0 Å². The fourth-order valence-electron chi connectivity index (χ4n) is 3.96. The van der Waals surface area contributed by atoms with E-state index in [4.69, 9.17) is 0 Å². The van der Waals surface area contributed by atoms with E-state index < -0.39 is 0 Å². The number of nitrogens with zero attached hydrogens (tertiary/aromatic N) is 1. The summed E-state index contributed by atoms with van der Waals surface area (Å²) in [6, 6.07) is 29.0. The standard InChI is InChI=1S/C24H17NO/c1-25-21-14-8-13-18-22(17-11-6-3-7-12-17)19(16-9-4-2-5-10-16)15-20(23(18)21)24(25)26/h2-15H,1H3. The van der Waals surface area contributed by atoms with Crippen LogP contribution in [0.2, 0.25) is 0 Å². The molecule has 0 bridgehead atoms. The number of benzene rings is 4. The average molecular weight is 335 g/mol. The van der Waals surface area contributed by atoms with Crippen molar-refractivity contribution in [2.75, 3.05) is 11.9 Å². The van der Waals surface area contributed by atoms with Gasteiger partial charge < -0.3 is 4.90 Å². The first kappa shape index (κ1) is 14.9. The zero-order valence-electron chi connectivity index (χ0n) is 14.4. The van der Waals surface area contributed by atoms with E-state index in [-0.39, 0.29) is 5.91 Å². The molecule has 0 aromatic heterocycles. The Morgan fingerprint density at radius 1 is 0.692 bits per heavy atom. The van der Waals surface area contributed by atoms with Crippen LogP contribution >= 0.6 is 0 Å². The molecule has 0 unspecified atom stereocenters. The molecule has 0 atom stereocenters. The first-order valence-corrected chi connectivity index (χ1v) is 8.74. The third kappa shape index (κ3) is 2.02. The van der Waals surface area contributed by atoms with Crippen LogP contribution in [0.4, 0.5) is 5.69 Å². The van der Waals surface area contributed by atoms with Crippen molar-refractivity contribution in [3.05, 3.63) is 90.5 Å². The Hall–Kier alpha value is -3.39. The Morgan fingerprint density at radius 2 is 1.35 bits per heavy atom. The average Bonchev–Trinajstić information content (AvgIpc) is 2.95. The predicted octanol–water partition coefficient (Wildman–Crippen LogP) is 5.76. The predicted molar refractivity (Wildman–Crippen MR) is 108 cm³/mol. The molecule has 0 saturated heterocycles. The SMILES string of the molecule is CN1C(=O)c2cc(-c3ccccc3)c(-c3ccccc3)c3cccc1c23. The highest BCUT2D eigenvalue weighted by molar-refractivity contribution is 6.28. The molecular formula is C24H17NO. The van der Waals surface area contributed by atoms with E-state index in [0.717, 1.165) is 38.7 Å². The molecule has 1 aliphatic rings. The summed E-state index contributed by atoms with van der Waals surface area (Å²) in [5.74, 6) is 0.0630. The van der Waals surface area contributed by atoms with Crippen LogP contribution in [0.25, 0.3) is 33.0 Å². The van der Waals surface area contributed by atoms with Crippen molar-refractivity contribution in [3.8, 4) is 22.3 Å². The highest BCUT2D eigenvalue weighted by Crippen LogP contribution is 2.45. The lowest BCUT2D eigenvalue weighted by Gasteiger charge is -2.15. The van der Waals surface area contributed by atoms with Crippen LogP contribution < -0.4 is 4.90 Å². The Labute approximate surface area is 152 Å². The van der Waals surface area contributed by atoms with Gasteiger partial charge in [0.05, 0.1) is 11.3 Å². The maximum atomic E-state index is 12.8. The van der Waals surface area contributed by atoms with E-state index in [1.807, 2.05) is 43.4 Å². The van der Waals surface area contributed by atoms with Crippen LogP contribution in [0.1, 0.15) is 10.4 Å². The van der Waals surface area contributed by atoms with Gasteiger partial charge in [0.25, 0.3) is 5.91 Å². The van der Waals surface area contributed by atoms with Gasteiger partial charge >= 0.3 is 0 Å². The van der Waals surface area contributed by atoms with Gasteiger partial charge in [-0.25, -0.2) is 0 Å². The van der Waals surface area contributed by atoms with Crippen LogP contribution in [0, 0.1) is 0 Å². The topological polar surface area (TPSA) is 20.3 Å². The number of carbonyl (C=O) groups is 1. The largest absolute Gasteiger partial charge is 0.311 e. The number of amides is 1. The number of hydrogen-bond donors (Lipinski definition) is 0. The van der Waals surface area contributed by atoms with Crippen molar-refractivity contribution in [3.63, 3.8) is 0 Å². The normalized spacial score (nSPS) is 12.8. The minimum absolute atomic E-state index is 0.0630. The molecule has 2 heteroatoms. The molecule has 0 saturated carbocycles. The van der Waals surface area contributed by atoms with E-state index in [1.54, 1.807) is 4.90 Å². The van der Waals surface area contributed by atoms with Crippen molar-refractivity contribution in [1.82, 2.24) is 0 Å². The van der Waals surface area contributed by atoms with Crippen molar-refractivity contribution in [1.29, 1.82) is 0 Å². The Kier molecular flexibility index (Phi) is 3.19. The second kappa shape index (κ2) is 5.57. The maximum absolute atomic E-state index is 12.8. The highest BCUT2D eigenvalue weighted by Gasteiger charge is 2.29. The smallest absolute Gasteiger partial charge is 0.258 e. The molecule has 0 aliphatic carbocycles. The minimum Gasteiger partial charge on any atom is -0.311 e. The van der Waals surface area contributed by atoms with Crippen LogP contribution in [0.5, 0.6) is 0 Å². The van der Waals surface area contributed by atoms with Crippen molar-refractivity contribution in [2.24, 2.45) is 0 Å². The molecule has 1 heterocycles. The number of hydrogen-bond acceptors (Lipinski definition) is 1. The van der Waals surface area contributed by atoms with Gasteiger partial charge in [-0.3, -0.25) is 4.79 Å². The lowest BCUT2D eigenvalue weighted by Crippen LogP contribution is -2.20. The van der Waals surface area contributed by atoms with Crippen molar-refractivity contribution < 1.29 is 4.79 Å². The second-order valence-electron chi connectivity index (χ2n) is 6.64. The molecule has 4 aromatic rings. The van der Waals surface area contributed by atoms with Gasteiger partial charge in [-0.15, -0.1) is 0 Å². The molecule has 1 aliphatic heterocycles. The molecule has 0 spiro atoms. The quantitative estimate of drug-likeness (QED) is 0.456. The van der Waals surface area contributed by atoms with E-state index in [9.17, 15) is 4.79 Å². The van der Waals surface area contributed by atoms with E-state index in [1.165, 1.54) is 5.56 Å². The van der Waals surface area contributed by atoms with Gasteiger partial charge in [-0.2, -0.15) is 0 Å². The third-order valence-electron chi connectivity index (χ3n) is 5.18. The minimum atomic E-state index is 0.0630. The van der Waals surface area contributed by atoms with Crippen molar-refractivity contribution >= 4 is 22.4 Å². The van der Waals surface area contributed by atoms with E-state index in [2.05, 4.69) is 48.5 Å². The first-order chi connectivity index (χ1) is 12.8. The van der Waals surface area contributed by atoms with Crippen LogP contribution in [0.3, 0.4) is 0 Å². The monoisotopic (exact) mass is 335 g/mol. The summed E-state index contributed by atoms with van der Waals surface area (Å²) in [6.45, 7) is 0. The van der Waals surface area contributed by atoms with E-state index >= 15 is 0 Å². The summed E-state index contributed by atoms with van der Waals surface area (Å²) in [6.07, 6.45) is 0. The van der Waals surface area contributed by atoms with Gasteiger partial charge in [0.15, 0.2) is 0 Å².